The Morgan fingerprint density at radius 2 is 1.96 bits per heavy atom. The van der Waals surface area contributed by atoms with Crippen molar-refractivity contribution in [2.75, 3.05) is 25.5 Å². The van der Waals surface area contributed by atoms with Crippen LogP contribution in [-0.2, 0) is 4.79 Å². The van der Waals surface area contributed by atoms with Gasteiger partial charge in [-0.25, -0.2) is 9.78 Å². The van der Waals surface area contributed by atoms with Crippen LogP contribution >= 0.6 is 11.6 Å². The number of benzene rings is 1. The van der Waals surface area contributed by atoms with Crippen molar-refractivity contribution in [3.05, 3.63) is 53.3 Å². The van der Waals surface area contributed by atoms with Crippen LogP contribution in [0, 0.1) is 0 Å². The molecule has 1 aliphatic heterocycles. The molecule has 2 heterocycles. The number of nitrogens with zero attached hydrogens (tertiary/aromatic N) is 2. The molecule has 148 valence electrons. The Labute approximate surface area is 169 Å². The smallest absolute Gasteiger partial charge is 0.319 e. The maximum atomic E-state index is 12.5. The molecule has 1 aromatic carbocycles. The third kappa shape index (κ3) is 4.92. The number of halogens is 1. The van der Waals surface area contributed by atoms with E-state index in [1.165, 1.54) is 6.20 Å². The van der Waals surface area contributed by atoms with Crippen molar-refractivity contribution in [1.82, 2.24) is 15.2 Å². The van der Waals surface area contributed by atoms with Crippen molar-refractivity contribution in [2.24, 2.45) is 0 Å². The fourth-order valence-corrected chi connectivity index (χ4v) is 3.53. The van der Waals surface area contributed by atoms with Gasteiger partial charge in [0.05, 0.1) is 25.0 Å². The molecule has 0 unspecified atom stereocenters. The lowest BCUT2D eigenvalue weighted by Gasteiger charge is -2.38. The van der Waals surface area contributed by atoms with Crippen LogP contribution in [0.5, 0.6) is 5.75 Å². The van der Waals surface area contributed by atoms with Gasteiger partial charge in [0, 0.05) is 25.9 Å². The Morgan fingerprint density at radius 1 is 1.21 bits per heavy atom. The maximum Gasteiger partial charge on any atom is 0.319 e. The minimum absolute atomic E-state index is 0.00212. The van der Waals surface area contributed by atoms with Crippen LogP contribution in [0.25, 0.3) is 0 Å². The molecular formula is C20H23ClN4O3. The van der Waals surface area contributed by atoms with Crippen LogP contribution in [0.1, 0.15) is 24.8 Å². The molecule has 3 amide bonds. The molecule has 7 nitrogen and oxygen atoms in total. The summed E-state index contributed by atoms with van der Waals surface area (Å²) in [5, 5.41) is 6.12. The summed E-state index contributed by atoms with van der Waals surface area (Å²) in [4.78, 5) is 30.1. The van der Waals surface area contributed by atoms with E-state index >= 15 is 0 Å². The number of hydrogen-bond acceptors (Lipinski definition) is 4. The summed E-state index contributed by atoms with van der Waals surface area (Å²) in [6.07, 6.45) is 2.25. The van der Waals surface area contributed by atoms with Crippen molar-refractivity contribution in [1.29, 1.82) is 0 Å². The second-order valence-electron chi connectivity index (χ2n) is 6.71. The molecule has 1 fully saturated rings. The van der Waals surface area contributed by atoms with Crippen molar-refractivity contribution in [2.45, 2.75) is 25.3 Å². The van der Waals surface area contributed by atoms with E-state index < -0.39 is 0 Å². The molecule has 8 heteroatoms. The Bertz CT molecular complexity index is 826. The highest BCUT2D eigenvalue weighted by molar-refractivity contribution is 6.29. The Hall–Kier alpha value is -2.80. The maximum absolute atomic E-state index is 12.5. The van der Waals surface area contributed by atoms with Crippen LogP contribution < -0.4 is 15.4 Å². The van der Waals surface area contributed by atoms with E-state index in [1.54, 1.807) is 31.1 Å². The molecule has 0 spiro atoms. The molecule has 0 bridgehead atoms. The number of carbonyl (C=O) groups excluding carboxylic acids is 2. The number of urea groups is 1. The van der Waals surface area contributed by atoms with E-state index in [0.717, 1.165) is 17.7 Å². The molecule has 0 aliphatic carbocycles. The molecule has 2 N–H and O–H groups in total. The van der Waals surface area contributed by atoms with E-state index in [0.29, 0.717) is 23.9 Å². The quantitative estimate of drug-likeness (QED) is 0.769. The number of likely N-dealkylation sites (tertiary alicyclic amines) is 1. The summed E-state index contributed by atoms with van der Waals surface area (Å²) in [7, 11) is 1.63. The van der Waals surface area contributed by atoms with Gasteiger partial charge >= 0.3 is 6.03 Å². The molecule has 2 atom stereocenters. The zero-order chi connectivity index (χ0) is 20.1. The molecule has 1 saturated heterocycles. The largest absolute Gasteiger partial charge is 0.497 e. The Morgan fingerprint density at radius 3 is 2.57 bits per heavy atom. The van der Waals surface area contributed by atoms with Crippen molar-refractivity contribution >= 4 is 29.2 Å². The molecule has 1 aromatic heterocycles. The van der Waals surface area contributed by atoms with Crippen molar-refractivity contribution in [3.8, 4) is 5.75 Å². The van der Waals surface area contributed by atoms with E-state index in [1.807, 2.05) is 24.3 Å². The summed E-state index contributed by atoms with van der Waals surface area (Å²) in [6.45, 7) is 2.66. The molecule has 0 radical (unpaired) electrons. The average molecular weight is 403 g/mol. The number of methoxy groups -OCH3 is 1. The highest BCUT2D eigenvalue weighted by Gasteiger charge is 2.32. The highest BCUT2D eigenvalue weighted by Crippen LogP contribution is 2.30. The van der Waals surface area contributed by atoms with E-state index in [9.17, 15) is 9.59 Å². The number of nitrogens with one attached hydrogen (secondary N) is 2. The van der Waals surface area contributed by atoms with E-state index in [-0.39, 0.29) is 23.9 Å². The predicted octanol–water partition coefficient (Wildman–Crippen LogP) is 3.27. The summed E-state index contributed by atoms with van der Waals surface area (Å²) in [6, 6.07) is 10.5. The topological polar surface area (TPSA) is 83.6 Å². The van der Waals surface area contributed by atoms with Gasteiger partial charge in [0.15, 0.2) is 0 Å². The predicted molar refractivity (Wildman–Crippen MR) is 108 cm³/mol. The monoisotopic (exact) mass is 402 g/mol. The van der Waals surface area contributed by atoms with Crippen LogP contribution in [0.2, 0.25) is 5.15 Å². The van der Waals surface area contributed by atoms with Crippen LogP contribution in [0.3, 0.4) is 0 Å². The highest BCUT2D eigenvalue weighted by atomic mass is 35.5. The number of amides is 3. The average Bonchev–Trinajstić information content (AvgIpc) is 2.69. The molecule has 0 saturated carbocycles. The van der Waals surface area contributed by atoms with E-state index in [4.69, 9.17) is 16.3 Å². The number of aromatic nitrogens is 1. The minimum Gasteiger partial charge on any atom is -0.497 e. The minimum atomic E-state index is -0.349. The molecule has 28 heavy (non-hydrogen) atoms. The zero-order valence-electron chi connectivity index (χ0n) is 15.8. The summed E-state index contributed by atoms with van der Waals surface area (Å²) >= 11 is 5.77. The number of hydrogen-bond donors (Lipinski definition) is 2. The third-order valence-electron chi connectivity index (χ3n) is 4.90. The van der Waals surface area contributed by atoms with Crippen LogP contribution in [-0.4, -0.2) is 48.1 Å². The van der Waals surface area contributed by atoms with Gasteiger partial charge < -0.3 is 20.3 Å². The number of pyridine rings is 1. The lowest BCUT2D eigenvalue weighted by atomic mass is 9.85. The molecule has 2 aromatic rings. The first-order valence-electron chi connectivity index (χ1n) is 9.05. The van der Waals surface area contributed by atoms with Gasteiger partial charge in [-0.1, -0.05) is 23.7 Å². The number of ether oxygens (including phenoxy) is 1. The lowest BCUT2D eigenvalue weighted by Crippen LogP contribution is -2.53. The van der Waals surface area contributed by atoms with Crippen LogP contribution in [0.4, 0.5) is 10.5 Å². The first kappa shape index (κ1) is 19.9. The third-order valence-corrected chi connectivity index (χ3v) is 5.13. The summed E-state index contributed by atoms with van der Waals surface area (Å²) in [5.41, 5.74) is 1.64. The first-order valence-corrected chi connectivity index (χ1v) is 9.42. The van der Waals surface area contributed by atoms with Gasteiger partial charge in [-0.2, -0.15) is 0 Å². The Kier molecular flexibility index (Phi) is 6.36. The molecule has 1 aliphatic rings. The fourth-order valence-electron chi connectivity index (χ4n) is 3.42. The number of rotatable bonds is 4. The van der Waals surface area contributed by atoms with Crippen LogP contribution in [0.15, 0.2) is 42.6 Å². The fraction of sp³-hybridized carbons (Fsp3) is 0.350. The van der Waals surface area contributed by atoms with E-state index in [2.05, 4.69) is 15.6 Å². The second-order valence-corrected chi connectivity index (χ2v) is 7.10. The van der Waals surface area contributed by atoms with Gasteiger partial charge in [0.1, 0.15) is 10.9 Å². The molecule has 3 rings (SSSR count). The normalized spacial score (nSPS) is 19.0. The van der Waals surface area contributed by atoms with Gasteiger partial charge in [-0.05, 0) is 36.2 Å². The first-order chi connectivity index (χ1) is 13.5. The number of anilines is 1. The number of carbonyl (C=O) groups is 2. The van der Waals surface area contributed by atoms with Crippen molar-refractivity contribution in [3.63, 3.8) is 0 Å². The molecular weight excluding hydrogens is 380 g/mol. The lowest BCUT2D eigenvalue weighted by molar-refractivity contribution is -0.130. The SMILES string of the molecule is COc1ccc([C@@H]2CCN(C(C)=O)C[C@H]2NC(=O)Nc2ccc(Cl)nc2)cc1. The van der Waals surface area contributed by atoms with Gasteiger partial charge in [-0.3, -0.25) is 4.79 Å². The second kappa shape index (κ2) is 8.93. The van der Waals surface area contributed by atoms with Crippen molar-refractivity contribution < 1.29 is 14.3 Å². The number of piperidine rings is 1. The summed E-state index contributed by atoms with van der Waals surface area (Å²) in [5.74, 6) is 0.875. The van der Waals surface area contributed by atoms with Gasteiger partial charge in [0.25, 0.3) is 0 Å². The standard InChI is InChI=1S/C20H23ClN4O3/c1-13(26)25-10-9-17(14-3-6-16(28-2)7-4-14)18(12-25)24-20(27)23-15-5-8-19(21)22-11-15/h3-8,11,17-18H,9-10,12H2,1-2H3,(H2,23,24,27)/t17-,18+/m0/s1. The van der Waals surface area contributed by atoms with Gasteiger partial charge in [0.2, 0.25) is 5.91 Å². The zero-order valence-corrected chi connectivity index (χ0v) is 16.6. The Balaban J connectivity index is 1.73. The summed E-state index contributed by atoms with van der Waals surface area (Å²) < 4.78 is 5.22. The van der Waals surface area contributed by atoms with Gasteiger partial charge in [-0.15, -0.1) is 0 Å².